The van der Waals surface area contributed by atoms with Crippen molar-refractivity contribution in [1.29, 1.82) is 0 Å². The van der Waals surface area contributed by atoms with Crippen LogP contribution in [0.2, 0.25) is 0 Å². The topological polar surface area (TPSA) is 95.3 Å². The fraction of sp³-hybridized carbons (Fsp3) is 0.406. The Morgan fingerprint density at radius 2 is 1.60 bits per heavy atom. The Labute approximate surface area is 273 Å². The number of nitrogens with zero attached hydrogens (tertiary/aromatic N) is 5. The van der Waals surface area contributed by atoms with Gasteiger partial charge in [-0.25, -0.2) is 4.57 Å². The van der Waals surface area contributed by atoms with Gasteiger partial charge in [0.1, 0.15) is 5.00 Å². The molecule has 0 fully saturated rings. The monoisotopic (exact) mass is 660 g/mol. The molecule has 13 heteroatoms. The van der Waals surface area contributed by atoms with E-state index in [0.29, 0.717) is 5.92 Å². The van der Waals surface area contributed by atoms with Gasteiger partial charge in [0.05, 0.1) is 0 Å². The van der Waals surface area contributed by atoms with Crippen molar-refractivity contribution in [1.82, 2.24) is 20.2 Å². The highest BCUT2D eigenvalue weighted by Crippen LogP contribution is 2.52. The number of nitrogens with one attached hydrogen (secondary N) is 1. The third-order valence-corrected chi connectivity index (χ3v) is 12.5. The van der Waals surface area contributed by atoms with Gasteiger partial charge in [0.15, 0.2) is 39.5 Å². The number of hydrogen-bond acceptors (Lipinski definition) is 12. The first-order valence-corrected chi connectivity index (χ1v) is 17.9. The zero-order valence-electron chi connectivity index (χ0n) is 25.2. The van der Waals surface area contributed by atoms with Crippen molar-refractivity contribution in [2.24, 2.45) is 16.4 Å². The van der Waals surface area contributed by atoms with Crippen molar-refractivity contribution in [2.45, 2.75) is 62.9 Å². The van der Waals surface area contributed by atoms with Gasteiger partial charge in [-0.2, -0.15) is 5.10 Å². The Hall–Kier alpha value is -3.55. The normalized spacial score (nSPS) is 20.3. The van der Waals surface area contributed by atoms with Crippen LogP contribution in [0.3, 0.4) is 0 Å². The van der Waals surface area contributed by atoms with Gasteiger partial charge in [-0.15, -0.1) is 21.5 Å². The van der Waals surface area contributed by atoms with Crippen molar-refractivity contribution in [2.75, 3.05) is 18.5 Å². The molecule has 10 nitrogen and oxygen atoms in total. The Balaban J connectivity index is 1.05. The second-order valence-electron chi connectivity index (χ2n) is 12.9. The van der Waals surface area contributed by atoms with Gasteiger partial charge in [-0.1, -0.05) is 56.4 Å². The molecule has 2 aromatic carbocycles. The van der Waals surface area contributed by atoms with Crippen LogP contribution in [-0.4, -0.2) is 33.5 Å². The van der Waals surface area contributed by atoms with Gasteiger partial charge in [0.25, 0.3) is 0 Å². The second-order valence-corrected chi connectivity index (χ2v) is 15.9. The fourth-order valence-corrected chi connectivity index (χ4v) is 9.97. The number of aromatic nitrogens is 3. The molecule has 232 valence electrons. The Kier molecular flexibility index (Phi) is 6.47. The summed E-state index contributed by atoms with van der Waals surface area (Å²) in [6, 6.07) is 12.2. The van der Waals surface area contributed by atoms with Crippen LogP contribution >= 0.6 is 34.9 Å². The van der Waals surface area contributed by atoms with Gasteiger partial charge >= 0.3 is 0 Å². The van der Waals surface area contributed by atoms with Gasteiger partial charge < -0.3 is 18.9 Å². The zero-order chi connectivity index (χ0) is 30.3. The van der Waals surface area contributed by atoms with Gasteiger partial charge in [0.2, 0.25) is 19.5 Å². The molecule has 2 atom stereocenters. The van der Waals surface area contributed by atoms with Crippen molar-refractivity contribution >= 4 is 46.0 Å². The molecule has 1 unspecified atom stereocenters. The van der Waals surface area contributed by atoms with Crippen LogP contribution in [0.25, 0.3) is 5.00 Å². The lowest BCUT2D eigenvalue weighted by Gasteiger charge is -2.35. The van der Waals surface area contributed by atoms with E-state index in [0.717, 1.165) is 74.7 Å². The summed E-state index contributed by atoms with van der Waals surface area (Å²) in [6.45, 7) is 7.66. The van der Waals surface area contributed by atoms with E-state index in [-0.39, 0.29) is 25.2 Å². The molecular formula is C32H32N6O4S3. The lowest BCUT2D eigenvalue weighted by molar-refractivity contribution is 0.173. The summed E-state index contributed by atoms with van der Waals surface area (Å²) in [4.78, 5) is 3.73. The summed E-state index contributed by atoms with van der Waals surface area (Å²) in [6.07, 6.45) is 3.27. The summed E-state index contributed by atoms with van der Waals surface area (Å²) in [5.41, 5.74) is 8.86. The number of thiophene rings is 1. The van der Waals surface area contributed by atoms with E-state index in [2.05, 4.69) is 59.9 Å². The molecule has 4 aromatic rings. The Bertz CT molecular complexity index is 1860. The molecule has 0 bridgehead atoms. The van der Waals surface area contributed by atoms with Crippen molar-refractivity contribution in [3.63, 3.8) is 0 Å². The van der Waals surface area contributed by atoms with E-state index < -0.39 is 0 Å². The van der Waals surface area contributed by atoms with E-state index in [4.69, 9.17) is 34.2 Å². The highest BCUT2D eigenvalue weighted by Gasteiger charge is 2.45. The molecule has 1 N–H and O–H groups in total. The average Bonchev–Trinajstić information content (AvgIpc) is 3.86. The number of rotatable bonds is 5. The van der Waals surface area contributed by atoms with Crippen molar-refractivity contribution < 1.29 is 18.9 Å². The number of thioether (sulfide) groups is 2. The van der Waals surface area contributed by atoms with Crippen LogP contribution in [0.1, 0.15) is 60.5 Å². The smallest absolute Gasteiger partial charge is 0.241 e. The molecule has 9 rings (SSSR count). The van der Waals surface area contributed by atoms with E-state index >= 15 is 0 Å². The first-order valence-electron chi connectivity index (χ1n) is 15.2. The number of fused-ring (bicyclic) bond motifs is 10. The van der Waals surface area contributed by atoms with Crippen LogP contribution in [0.5, 0.6) is 23.0 Å². The van der Waals surface area contributed by atoms with Gasteiger partial charge in [0, 0.05) is 21.9 Å². The van der Waals surface area contributed by atoms with Crippen LogP contribution in [0.15, 0.2) is 46.7 Å². The Morgan fingerprint density at radius 3 is 2.31 bits per heavy atom. The van der Waals surface area contributed by atoms with E-state index in [1.54, 1.807) is 23.5 Å². The van der Waals surface area contributed by atoms with Gasteiger partial charge in [-0.05, 0) is 71.6 Å². The molecule has 1 aliphatic carbocycles. The number of anilines is 1. The average molecular weight is 661 g/mol. The lowest BCUT2D eigenvalue weighted by atomic mass is 9.72. The third kappa shape index (κ3) is 4.65. The van der Waals surface area contributed by atoms with E-state index in [1.165, 1.54) is 27.4 Å². The minimum atomic E-state index is -0.103. The molecule has 0 spiro atoms. The maximum Gasteiger partial charge on any atom is 0.241 e. The van der Waals surface area contributed by atoms with Crippen LogP contribution < -0.4 is 29.3 Å². The molecule has 0 amide bonds. The van der Waals surface area contributed by atoms with Gasteiger partial charge in [-0.3, -0.25) is 10.3 Å². The molecule has 0 radical (unpaired) electrons. The highest BCUT2D eigenvalue weighted by molar-refractivity contribution is 8.13. The molecular weight excluding hydrogens is 629 g/mol. The minimum Gasteiger partial charge on any atom is -0.454 e. The molecule has 6 heterocycles. The van der Waals surface area contributed by atoms with Crippen molar-refractivity contribution in [3.05, 3.63) is 63.5 Å². The quantitative estimate of drug-likeness (QED) is 0.229. The summed E-state index contributed by atoms with van der Waals surface area (Å²) in [5, 5.41) is 17.4. The van der Waals surface area contributed by atoms with Crippen molar-refractivity contribution in [3.8, 4) is 28.0 Å². The molecule has 2 aromatic heterocycles. The molecule has 5 aliphatic rings. The predicted molar refractivity (Wildman–Crippen MR) is 176 cm³/mol. The van der Waals surface area contributed by atoms with Crippen LogP contribution in [0, 0.1) is 11.3 Å². The number of benzene rings is 2. The highest BCUT2D eigenvalue weighted by atomic mass is 32.2. The fourth-order valence-electron chi connectivity index (χ4n) is 6.66. The summed E-state index contributed by atoms with van der Waals surface area (Å²) in [7, 11) is 0. The third-order valence-electron chi connectivity index (χ3n) is 9.18. The van der Waals surface area contributed by atoms with Crippen LogP contribution in [-0.2, 0) is 24.3 Å². The predicted octanol–water partition coefficient (Wildman–Crippen LogP) is 6.86. The maximum atomic E-state index is 5.62. The number of hydrogen-bond donors (Lipinski definition) is 1. The lowest BCUT2D eigenvalue weighted by Crippen LogP contribution is -2.38. The summed E-state index contributed by atoms with van der Waals surface area (Å²) in [5.74, 6) is 6.11. The molecule has 4 aliphatic heterocycles. The minimum absolute atomic E-state index is 0.103. The second kappa shape index (κ2) is 10.5. The number of hydrazone groups is 1. The summed E-state index contributed by atoms with van der Waals surface area (Å²) < 4.78 is 24.5. The molecule has 45 heavy (non-hydrogen) atoms. The number of amidine groups is 1. The first kappa shape index (κ1) is 27.7. The first-order chi connectivity index (χ1) is 21.9. The molecule has 0 saturated heterocycles. The summed E-state index contributed by atoms with van der Waals surface area (Å²) >= 11 is 5.29. The Morgan fingerprint density at radius 1 is 0.911 bits per heavy atom. The largest absolute Gasteiger partial charge is 0.454 e. The SMILES string of the molecule is CC(C)(C)[C@@H]1CCc2c(sc3c2C2NN=C(SCc4ccc5c(c4)OCO5)N2c2nnc(SCc4ccc5c(c4)OCO5)n2-3)C1. The molecule has 0 saturated carbocycles. The number of ether oxygens (including phenoxy) is 4. The van der Waals surface area contributed by atoms with E-state index in [1.807, 2.05) is 23.5 Å². The van der Waals surface area contributed by atoms with Crippen LogP contribution in [0.4, 0.5) is 5.95 Å². The zero-order valence-corrected chi connectivity index (χ0v) is 27.6. The maximum absolute atomic E-state index is 5.62. The van der Waals surface area contributed by atoms with E-state index in [9.17, 15) is 0 Å². The standard InChI is InChI=1S/C32H32N6O4S3/c1-32(2,3)19-6-7-20-25(12-19)45-28-26(20)27-33-35-30(43-13-17-4-8-21-23(10-17)41-15-39-21)37(27)29-34-36-31(38(28)29)44-14-18-5-9-22-24(11-18)42-16-40-22/h4-5,8-11,19,27,33H,6-7,12-16H2,1-3H3/t19-,27?/m1/s1.